The van der Waals surface area contributed by atoms with E-state index in [-0.39, 0.29) is 20.0 Å². The summed E-state index contributed by atoms with van der Waals surface area (Å²) in [7, 11) is 0. The quantitative estimate of drug-likeness (QED) is 0.321. The fourth-order valence-corrected chi connectivity index (χ4v) is 3.10. The van der Waals surface area contributed by atoms with Crippen molar-refractivity contribution in [2.24, 2.45) is 5.16 Å². The molecular formula is C21H19ClN4O5. The van der Waals surface area contributed by atoms with Gasteiger partial charge in [-0.2, -0.15) is 0 Å². The molecule has 0 atom stereocenters. The van der Waals surface area contributed by atoms with Crippen LogP contribution in [0.5, 0.6) is 11.5 Å². The van der Waals surface area contributed by atoms with E-state index in [1.807, 2.05) is 18.2 Å². The van der Waals surface area contributed by atoms with E-state index in [0.717, 1.165) is 16.7 Å². The lowest BCUT2D eigenvalue weighted by Gasteiger charge is -2.10. The molecule has 2 heterocycles. The Kier molecular flexibility index (Phi) is 6.32. The van der Waals surface area contributed by atoms with Crippen molar-refractivity contribution in [1.82, 2.24) is 9.97 Å². The van der Waals surface area contributed by atoms with Gasteiger partial charge in [-0.1, -0.05) is 22.8 Å². The topological polar surface area (TPSA) is 104 Å². The number of aromatic nitrogens is 2. The van der Waals surface area contributed by atoms with Crippen LogP contribution in [-0.4, -0.2) is 42.2 Å². The predicted molar refractivity (Wildman–Crippen MR) is 115 cm³/mol. The van der Waals surface area contributed by atoms with Crippen LogP contribution < -0.4 is 14.8 Å². The predicted octanol–water partition coefficient (Wildman–Crippen LogP) is 3.54. The minimum Gasteiger partial charge on any atom is -0.463 e. The van der Waals surface area contributed by atoms with Gasteiger partial charge in [0.15, 0.2) is 17.3 Å². The Morgan fingerprint density at radius 3 is 2.97 bits per heavy atom. The molecule has 0 saturated carbocycles. The highest BCUT2D eigenvalue weighted by Gasteiger charge is 2.14. The summed E-state index contributed by atoms with van der Waals surface area (Å²) in [6.07, 6.45) is 1.33. The van der Waals surface area contributed by atoms with Gasteiger partial charge in [0.1, 0.15) is 12.0 Å². The molecule has 0 bridgehead atoms. The molecule has 0 saturated heterocycles. The highest BCUT2D eigenvalue weighted by Crippen LogP contribution is 2.33. The lowest BCUT2D eigenvalue weighted by molar-refractivity contribution is -0.148. The standard InChI is InChI=1S/C21H19ClN4O5/c1-2-28-20(27)11-31-24-10-19-25-16-5-4-14(22)8-15(16)21(26-19)23-9-13-3-6-17-18(7-13)30-12-29-17/h3-8,10H,2,9,11-12H2,1H3,(H,23,25,26)/b24-10+. The molecule has 0 amide bonds. The molecular weight excluding hydrogens is 424 g/mol. The minimum absolute atomic E-state index is 0.224. The Balaban J connectivity index is 1.53. The van der Waals surface area contributed by atoms with Gasteiger partial charge >= 0.3 is 5.97 Å². The van der Waals surface area contributed by atoms with Crippen LogP contribution in [0.4, 0.5) is 5.82 Å². The number of carbonyl (C=O) groups is 1. The molecule has 1 aliphatic rings. The first-order valence-electron chi connectivity index (χ1n) is 9.53. The van der Waals surface area contributed by atoms with Crippen LogP contribution in [0.3, 0.4) is 0 Å². The summed E-state index contributed by atoms with van der Waals surface area (Å²) >= 11 is 6.17. The zero-order chi connectivity index (χ0) is 21.6. The van der Waals surface area contributed by atoms with E-state index in [9.17, 15) is 4.79 Å². The molecule has 0 radical (unpaired) electrons. The fourth-order valence-electron chi connectivity index (χ4n) is 2.92. The highest BCUT2D eigenvalue weighted by atomic mass is 35.5. The molecule has 4 rings (SSSR count). The number of rotatable bonds is 8. The average Bonchev–Trinajstić information content (AvgIpc) is 3.23. The Hall–Kier alpha value is -3.59. The van der Waals surface area contributed by atoms with Gasteiger partial charge in [0.25, 0.3) is 0 Å². The molecule has 0 spiro atoms. The van der Waals surface area contributed by atoms with Crippen molar-refractivity contribution in [2.45, 2.75) is 13.5 Å². The van der Waals surface area contributed by atoms with Crippen LogP contribution in [0.2, 0.25) is 5.02 Å². The molecule has 31 heavy (non-hydrogen) atoms. The van der Waals surface area contributed by atoms with Gasteiger partial charge in [0, 0.05) is 17.0 Å². The van der Waals surface area contributed by atoms with Crippen LogP contribution in [0, 0.1) is 0 Å². The minimum atomic E-state index is -0.500. The largest absolute Gasteiger partial charge is 0.463 e. The van der Waals surface area contributed by atoms with Gasteiger partial charge in [0.2, 0.25) is 13.4 Å². The number of ether oxygens (including phenoxy) is 3. The molecule has 9 nitrogen and oxygen atoms in total. The number of benzene rings is 2. The van der Waals surface area contributed by atoms with Crippen molar-refractivity contribution < 1.29 is 23.8 Å². The second-order valence-corrected chi connectivity index (χ2v) is 6.88. The average molecular weight is 443 g/mol. The van der Waals surface area contributed by atoms with Crippen molar-refractivity contribution in [3.63, 3.8) is 0 Å². The summed E-state index contributed by atoms with van der Waals surface area (Å²) in [5.41, 5.74) is 1.67. The number of nitrogens with one attached hydrogen (secondary N) is 1. The van der Waals surface area contributed by atoms with Crippen LogP contribution in [-0.2, 0) is 20.9 Å². The van der Waals surface area contributed by atoms with Gasteiger partial charge in [-0.05, 0) is 42.8 Å². The molecule has 1 aliphatic heterocycles. The zero-order valence-corrected chi connectivity index (χ0v) is 17.4. The zero-order valence-electron chi connectivity index (χ0n) is 16.6. The second-order valence-electron chi connectivity index (χ2n) is 6.45. The Morgan fingerprint density at radius 2 is 2.10 bits per heavy atom. The smallest absolute Gasteiger partial charge is 0.347 e. The summed E-state index contributed by atoms with van der Waals surface area (Å²) in [5.74, 6) is 1.83. The van der Waals surface area contributed by atoms with Crippen molar-refractivity contribution in [2.75, 3.05) is 25.3 Å². The number of oxime groups is 1. The number of fused-ring (bicyclic) bond motifs is 2. The lowest BCUT2D eigenvalue weighted by atomic mass is 10.2. The van der Waals surface area contributed by atoms with E-state index in [1.165, 1.54) is 6.21 Å². The van der Waals surface area contributed by atoms with Crippen molar-refractivity contribution in [3.05, 3.63) is 52.8 Å². The molecule has 1 N–H and O–H groups in total. The number of esters is 1. The van der Waals surface area contributed by atoms with Crippen LogP contribution in [0.15, 0.2) is 41.6 Å². The molecule has 0 fully saturated rings. The van der Waals surface area contributed by atoms with Gasteiger partial charge in [-0.15, -0.1) is 0 Å². The van der Waals surface area contributed by atoms with E-state index in [4.69, 9.17) is 30.6 Å². The monoisotopic (exact) mass is 442 g/mol. The molecule has 3 aromatic rings. The van der Waals surface area contributed by atoms with Gasteiger partial charge in [-0.3, -0.25) is 0 Å². The van der Waals surface area contributed by atoms with Gasteiger partial charge in [0.05, 0.1) is 12.1 Å². The van der Waals surface area contributed by atoms with E-state index >= 15 is 0 Å². The molecule has 0 aliphatic carbocycles. The summed E-state index contributed by atoms with van der Waals surface area (Å²) in [6.45, 7) is 2.42. The number of nitrogens with zero attached hydrogens (tertiary/aromatic N) is 3. The maximum absolute atomic E-state index is 11.3. The van der Waals surface area contributed by atoms with Crippen molar-refractivity contribution >= 4 is 40.5 Å². The molecule has 0 unspecified atom stereocenters. The van der Waals surface area contributed by atoms with E-state index in [1.54, 1.807) is 25.1 Å². The number of hydrogen-bond acceptors (Lipinski definition) is 9. The van der Waals surface area contributed by atoms with Crippen molar-refractivity contribution in [1.29, 1.82) is 0 Å². The van der Waals surface area contributed by atoms with E-state index in [0.29, 0.717) is 34.5 Å². The maximum atomic E-state index is 11.3. The first-order chi connectivity index (χ1) is 15.1. The fraction of sp³-hybridized carbons (Fsp3) is 0.238. The van der Waals surface area contributed by atoms with Crippen molar-refractivity contribution in [3.8, 4) is 11.5 Å². The summed E-state index contributed by atoms with van der Waals surface area (Å²) in [4.78, 5) is 25.2. The van der Waals surface area contributed by atoms with Crippen LogP contribution in [0.1, 0.15) is 18.3 Å². The van der Waals surface area contributed by atoms with Crippen LogP contribution >= 0.6 is 11.6 Å². The first-order valence-corrected chi connectivity index (χ1v) is 9.91. The maximum Gasteiger partial charge on any atom is 0.347 e. The first kappa shape index (κ1) is 20.7. The Morgan fingerprint density at radius 1 is 1.23 bits per heavy atom. The summed E-state index contributed by atoms with van der Waals surface area (Å²) in [5, 5.41) is 8.39. The lowest BCUT2D eigenvalue weighted by Crippen LogP contribution is -2.10. The summed E-state index contributed by atoms with van der Waals surface area (Å²) < 4.78 is 15.5. The number of carbonyl (C=O) groups excluding carboxylic acids is 1. The molecule has 160 valence electrons. The Bertz CT molecular complexity index is 1140. The number of hydrogen-bond donors (Lipinski definition) is 1. The van der Waals surface area contributed by atoms with Gasteiger partial charge in [-0.25, -0.2) is 14.8 Å². The van der Waals surface area contributed by atoms with E-state index in [2.05, 4.69) is 20.4 Å². The third kappa shape index (κ3) is 5.13. The molecule has 1 aromatic heterocycles. The van der Waals surface area contributed by atoms with E-state index < -0.39 is 5.97 Å². The molecule has 10 heteroatoms. The normalized spacial score (nSPS) is 12.3. The third-order valence-corrected chi connectivity index (χ3v) is 4.54. The number of halogens is 1. The SMILES string of the molecule is CCOC(=O)CO/N=C/c1nc(NCc2ccc3c(c2)OCO3)c2cc(Cl)ccc2n1. The molecule has 2 aromatic carbocycles. The van der Waals surface area contributed by atoms with Gasteiger partial charge < -0.3 is 24.4 Å². The summed E-state index contributed by atoms with van der Waals surface area (Å²) in [6, 6.07) is 11.1. The number of anilines is 1. The third-order valence-electron chi connectivity index (χ3n) is 4.30. The second kappa shape index (κ2) is 9.48. The highest BCUT2D eigenvalue weighted by molar-refractivity contribution is 6.31. The Labute approximate surface area is 182 Å². The van der Waals surface area contributed by atoms with Crippen LogP contribution in [0.25, 0.3) is 10.9 Å².